The van der Waals surface area contributed by atoms with Crippen LogP contribution in [0.25, 0.3) is 0 Å². The molecule has 0 aliphatic heterocycles. The van der Waals surface area contributed by atoms with Crippen LogP contribution in [0.15, 0.2) is 18.2 Å². The Labute approximate surface area is 113 Å². The van der Waals surface area contributed by atoms with Crippen LogP contribution in [0, 0.1) is 0 Å². The summed E-state index contributed by atoms with van der Waals surface area (Å²) in [5.41, 5.74) is 1.02. The number of nitrogens with one attached hydrogen (secondary N) is 1. The average molecular weight is 274 g/mol. The van der Waals surface area contributed by atoms with Crippen molar-refractivity contribution in [2.24, 2.45) is 0 Å². The Hall–Kier alpha value is -0.800. The van der Waals surface area contributed by atoms with Gasteiger partial charge in [0, 0.05) is 24.1 Å². The first kappa shape index (κ1) is 15.3. The van der Waals surface area contributed by atoms with Crippen molar-refractivity contribution in [1.82, 2.24) is 5.32 Å². The Balaban J connectivity index is 2.73. The molecule has 0 fully saturated rings. The molecule has 0 atom stereocenters. The molecular weight excluding hydrogens is 253 g/mol. The molecule has 1 N–H and O–H groups in total. The lowest BCUT2D eigenvalue weighted by atomic mass is 10.1. The number of ether oxygens (including phenoxy) is 1. The van der Waals surface area contributed by atoms with E-state index in [1.165, 1.54) is 0 Å². The molecule has 0 aliphatic carbocycles. The van der Waals surface area contributed by atoms with Crippen molar-refractivity contribution in [3.8, 4) is 5.75 Å². The van der Waals surface area contributed by atoms with Gasteiger partial charge in [-0.3, -0.25) is 4.39 Å². The highest BCUT2D eigenvalue weighted by molar-refractivity contribution is 6.32. The fourth-order valence-corrected chi connectivity index (χ4v) is 1.69. The van der Waals surface area contributed by atoms with E-state index in [2.05, 4.69) is 26.1 Å². The summed E-state index contributed by atoms with van der Waals surface area (Å²) in [6.45, 7) is 6.95. The third-order valence-corrected chi connectivity index (χ3v) is 2.68. The third kappa shape index (κ3) is 5.23. The second kappa shape index (κ2) is 6.95. The smallest absolute Gasteiger partial charge is 0.142 e. The molecule has 0 saturated carbocycles. The molecule has 1 aromatic rings. The molecule has 0 unspecified atom stereocenters. The normalized spacial score (nSPS) is 11.6. The van der Waals surface area contributed by atoms with Crippen molar-refractivity contribution >= 4 is 11.6 Å². The fourth-order valence-electron chi connectivity index (χ4n) is 1.44. The predicted molar refractivity (Wildman–Crippen MR) is 74.1 cm³/mol. The van der Waals surface area contributed by atoms with Crippen LogP contribution >= 0.6 is 11.6 Å². The van der Waals surface area contributed by atoms with Gasteiger partial charge >= 0.3 is 0 Å². The van der Waals surface area contributed by atoms with Gasteiger partial charge in [-0.2, -0.15) is 0 Å². The molecule has 18 heavy (non-hydrogen) atoms. The fraction of sp³-hybridized carbons (Fsp3) is 0.571. The van der Waals surface area contributed by atoms with E-state index in [0.29, 0.717) is 30.3 Å². The lowest BCUT2D eigenvalue weighted by molar-refractivity contribution is 0.285. The summed E-state index contributed by atoms with van der Waals surface area (Å²) in [6.07, 6.45) is 0.386. The number of halogens is 2. The summed E-state index contributed by atoms with van der Waals surface area (Å²) < 4.78 is 17.6. The van der Waals surface area contributed by atoms with E-state index < -0.39 is 0 Å². The SMILES string of the molecule is CC(C)(C)NCc1cccc(Cl)c1OCCCF. The molecule has 1 aromatic carbocycles. The summed E-state index contributed by atoms with van der Waals surface area (Å²) in [4.78, 5) is 0. The maximum absolute atomic E-state index is 12.1. The van der Waals surface area contributed by atoms with Crippen molar-refractivity contribution in [2.45, 2.75) is 39.3 Å². The van der Waals surface area contributed by atoms with Gasteiger partial charge in [0.2, 0.25) is 0 Å². The number of hydrogen-bond acceptors (Lipinski definition) is 2. The minimum Gasteiger partial charge on any atom is -0.492 e. The van der Waals surface area contributed by atoms with Crippen molar-refractivity contribution < 1.29 is 9.13 Å². The zero-order valence-corrected chi connectivity index (χ0v) is 12.0. The maximum Gasteiger partial charge on any atom is 0.142 e. The summed E-state index contributed by atoms with van der Waals surface area (Å²) in [5.74, 6) is 0.657. The highest BCUT2D eigenvalue weighted by Gasteiger charge is 2.12. The molecule has 102 valence electrons. The van der Waals surface area contributed by atoms with Crippen LogP contribution in [0.1, 0.15) is 32.8 Å². The molecular formula is C14H21ClFNO. The Bertz CT molecular complexity index is 377. The van der Waals surface area contributed by atoms with Crippen molar-refractivity contribution in [3.63, 3.8) is 0 Å². The van der Waals surface area contributed by atoms with Crippen LogP contribution in [0.3, 0.4) is 0 Å². The van der Waals surface area contributed by atoms with E-state index in [1.54, 1.807) is 6.07 Å². The molecule has 4 heteroatoms. The average Bonchev–Trinajstić information content (AvgIpc) is 2.28. The molecule has 1 rings (SSSR count). The van der Waals surface area contributed by atoms with E-state index in [9.17, 15) is 4.39 Å². The predicted octanol–water partition coefficient (Wildman–Crippen LogP) is 3.97. The van der Waals surface area contributed by atoms with Crippen LogP contribution in [-0.2, 0) is 6.54 Å². The molecule has 0 aliphatic rings. The van der Waals surface area contributed by atoms with Crippen molar-refractivity contribution in [1.29, 1.82) is 0 Å². The lowest BCUT2D eigenvalue weighted by Gasteiger charge is -2.22. The Morgan fingerprint density at radius 3 is 2.67 bits per heavy atom. The van der Waals surface area contributed by atoms with E-state index in [1.807, 2.05) is 12.1 Å². The van der Waals surface area contributed by atoms with Gasteiger partial charge in [0.25, 0.3) is 0 Å². The molecule has 0 radical (unpaired) electrons. The second-order valence-electron chi connectivity index (χ2n) is 5.22. The monoisotopic (exact) mass is 273 g/mol. The zero-order chi connectivity index (χ0) is 13.6. The van der Waals surface area contributed by atoms with Crippen LogP contribution in [0.2, 0.25) is 5.02 Å². The van der Waals surface area contributed by atoms with E-state index in [0.717, 1.165) is 5.56 Å². The maximum atomic E-state index is 12.1. The third-order valence-electron chi connectivity index (χ3n) is 2.38. The number of para-hydroxylation sites is 1. The van der Waals surface area contributed by atoms with Gasteiger partial charge < -0.3 is 10.1 Å². The number of alkyl halides is 1. The number of benzene rings is 1. The Morgan fingerprint density at radius 2 is 2.06 bits per heavy atom. The molecule has 0 bridgehead atoms. The Kier molecular flexibility index (Phi) is 5.89. The Morgan fingerprint density at radius 1 is 1.33 bits per heavy atom. The van der Waals surface area contributed by atoms with E-state index >= 15 is 0 Å². The highest BCUT2D eigenvalue weighted by atomic mass is 35.5. The van der Waals surface area contributed by atoms with Gasteiger partial charge in [0.05, 0.1) is 18.3 Å². The molecule has 0 heterocycles. The first-order chi connectivity index (χ1) is 8.44. The summed E-state index contributed by atoms with van der Waals surface area (Å²) in [5, 5.41) is 3.95. The van der Waals surface area contributed by atoms with Gasteiger partial charge in [-0.25, -0.2) is 0 Å². The van der Waals surface area contributed by atoms with Crippen LogP contribution < -0.4 is 10.1 Å². The molecule has 0 amide bonds. The zero-order valence-electron chi connectivity index (χ0n) is 11.2. The van der Waals surface area contributed by atoms with Gasteiger partial charge in [-0.1, -0.05) is 23.7 Å². The summed E-state index contributed by atoms with van der Waals surface area (Å²) in [6, 6.07) is 5.65. The van der Waals surface area contributed by atoms with Crippen LogP contribution in [0.4, 0.5) is 4.39 Å². The summed E-state index contributed by atoms with van der Waals surface area (Å²) in [7, 11) is 0. The number of hydrogen-bond donors (Lipinski definition) is 1. The van der Waals surface area contributed by atoms with Crippen LogP contribution in [-0.4, -0.2) is 18.8 Å². The first-order valence-corrected chi connectivity index (χ1v) is 6.53. The van der Waals surface area contributed by atoms with Gasteiger partial charge in [0.15, 0.2) is 0 Å². The molecule has 0 aromatic heterocycles. The molecule has 0 spiro atoms. The van der Waals surface area contributed by atoms with Gasteiger partial charge in [0.1, 0.15) is 5.75 Å². The minimum atomic E-state index is -0.375. The van der Waals surface area contributed by atoms with Gasteiger partial charge in [-0.05, 0) is 26.8 Å². The van der Waals surface area contributed by atoms with E-state index in [4.69, 9.17) is 16.3 Å². The molecule has 2 nitrogen and oxygen atoms in total. The summed E-state index contributed by atoms with van der Waals surface area (Å²) >= 11 is 6.11. The quantitative estimate of drug-likeness (QED) is 0.792. The van der Waals surface area contributed by atoms with E-state index in [-0.39, 0.29) is 12.2 Å². The minimum absolute atomic E-state index is 0.0263. The largest absolute Gasteiger partial charge is 0.492 e. The highest BCUT2D eigenvalue weighted by Crippen LogP contribution is 2.29. The van der Waals surface area contributed by atoms with Gasteiger partial charge in [-0.15, -0.1) is 0 Å². The topological polar surface area (TPSA) is 21.3 Å². The first-order valence-electron chi connectivity index (χ1n) is 6.15. The molecule has 0 saturated heterocycles. The van der Waals surface area contributed by atoms with Crippen molar-refractivity contribution in [3.05, 3.63) is 28.8 Å². The number of rotatable bonds is 6. The lowest BCUT2D eigenvalue weighted by Crippen LogP contribution is -2.35. The standard InChI is InChI=1S/C14H21ClFNO/c1-14(2,3)17-10-11-6-4-7-12(15)13(11)18-9-5-8-16/h4,6-7,17H,5,8-10H2,1-3H3. The van der Waals surface area contributed by atoms with Crippen molar-refractivity contribution in [2.75, 3.05) is 13.3 Å². The van der Waals surface area contributed by atoms with Crippen LogP contribution in [0.5, 0.6) is 5.75 Å². The second-order valence-corrected chi connectivity index (χ2v) is 5.63.